The minimum atomic E-state index is -1.36. The van der Waals surface area contributed by atoms with Crippen LogP contribution >= 0.6 is 11.8 Å². The van der Waals surface area contributed by atoms with Crippen LogP contribution in [0.3, 0.4) is 0 Å². The van der Waals surface area contributed by atoms with Gasteiger partial charge in [0.05, 0.1) is 7.11 Å². The van der Waals surface area contributed by atoms with Crippen LogP contribution in [0.2, 0.25) is 0 Å². The molecule has 0 spiro atoms. The standard InChI is InChI=1S/C33H28F4N2O3S/c1-4-19(2)21-10-8-20(9-11-21)18-42-28-7-5-6-25(30(28)41-3)33-39(32(40)29-26(36)16-24(35)17-27(29)37)38-31(43-33)22-12-14-23(34)15-13-22/h5-17,19,33H,4,18H2,1-3H3. The molecule has 4 aromatic carbocycles. The average Bonchev–Trinajstić information content (AvgIpc) is 3.45. The Balaban J connectivity index is 1.49. The Hall–Kier alpha value is -4.31. The monoisotopic (exact) mass is 608 g/mol. The first kappa shape index (κ1) is 30.2. The average molecular weight is 609 g/mol. The smallest absolute Gasteiger partial charge is 0.281 e. The number of benzene rings is 4. The summed E-state index contributed by atoms with van der Waals surface area (Å²) in [6, 6.07) is 19.5. The van der Waals surface area contributed by atoms with E-state index in [9.17, 15) is 22.4 Å². The summed E-state index contributed by atoms with van der Waals surface area (Å²) in [5.41, 5.74) is 2.15. The van der Waals surface area contributed by atoms with Gasteiger partial charge in [-0.2, -0.15) is 5.10 Å². The highest BCUT2D eigenvalue weighted by atomic mass is 32.2. The number of para-hydroxylation sites is 1. The Labute approximate surface area is 251 Å². The van der Waals surface area contributed by atoms with Crippen LogP contribution in [0, 0.1) is 23.3 Å². The minimum absolute atomic E-state index is 0.240. The number of hydrogen-bond acceptors (Lipinski definition) is 5. The van der Waals surface area contributed by atoms with E-state index in [2.05, 4.69) is 31.1 Å². The van der Waals surface area contributed by atoms with Gasteiger partial charge in [-0.25, -0.2) is 22.6 Å². The topological polar surface area (TPSA) is 51.1 Å². The van der Waals surface area contributed by atoms with Gasteiger partial charge in [-0.05, 0) is 53.8 Å². The van der Waals surface area contributed by atoms with Crippen molar-refractivity contribution in [2.24, 2.45) is 5.10 Å². The van der Waals surface area contributed by atoms with E-state index in [-0.39, 0.29) is 6.61 Å². The third kappa shape index (κ3) is 6.39. The van der Waals surface area contributed by atoms with Gasteiger partial charge in [-0.3, -0.25) is 4.79 Å². The molecule has 1 aliphatic rings. The zero-order chi connectivity index (χ0) is 30.7. The lowest BCUT2D eigenvalue weighted by molar-refractivity contribution is 0.0737. The van der Waals surface area contributed by atoms with Crippen molar-refractivity contribution in [2.75, 3.05) is 7.11 Å². The molecule has 1 amide bonds. The molecule has 0 N–H and O–H groups in total. The Morgan fingerprint density at radius 2 is 1.63 bits per heavy atom. The van der Waals surface area contributed by atoms with Gasteiger partial charge in [0, 0.05) is 23.3 Å². The molecule has 2 unspecified atom stereocenters. The van der Waals surface area contributed by atoms with E-state index in [4.69, 9.17) is 9.47 Å². The summed E-state index contributed by atoms with van der Waals surface area (Å²) in [7, 11) is 1.44. The molecule has 5 rings (SSSR count). The molecule has 1 heterocycles. The maximum Gasteiger partial charge on any atom is 0.281 e. The first-order valence-corrected chi connectivity index (χ1v) is 14.5. The predicted molar refractivity (Wildman–Crippen MR) is 158 cm³/mol. The van der Waals surface area contributed by atoms with E-state index in [1.165, 1.54) is 36.9 Å². The Morgan fingerprint density at radius 1 is 0.953 bits per heavy atom. The molecular formula is C33H28F4N2O3S. The van der Waals surface area contributed by atoms with E-state index in [0.29, 0.717) is 45.7 Å². The van der Waals surface area contributed by atoms with Gasteiger partial charge in [0.2, 0.25) is 0 Å². The lowest BCUT2D eigenvalue weighted by Gasteiger charge is -2.24. The van der Waals surface area contributed by atoms with Crippen molar-refractivity contribution in [3.8, 4) is 11.5 Å². The number of hydrogen-bond donors (Lipinski definition) is 0. The normalized spacial score (nSPS) is 15.3. The fourth-order valence-corrected chi connectivity index (χ4v) is 5.83. The molecule has 0 aromatic heterocycles. The van der Waals surface area contributed by atoms with Gasteiger partial charge in [0.25, 0.3) is 5.91 Å². The minimum Gasteiger partial charge on any atom is -0.492 e. The maximum atomic E-state index is 14.7. The Morgan fingerprint density at radius 3 is 2.26 bits per heavy atom. The van der Waals surface area contributed by atoms with Crippen molar-refractivity contribution < 1.29 is 31.8 Å². The number of methoxy groups -OCH3 is 1. The van der Waals surface area contributed by atoms with Crippen molar-refractivity contribution in [2.45, 2.75) is 38.2 Å². The number of carbonyl (C=O) groups excluding carboxylic acids is 1. The molecule has 1 aliphatic heterocycles. The number of thioether (sulfide) groups is 1. The van der Waals surface area contributed by atoms with Crippen molar-refractivity contribution in [3.05, 3.63) is 130 Å². The van der Waals surface area contributed by atoms with Crippen LogP contribution in [0.15, 0.2) is 84.0 Å². The fourth-order valence-electron chi connectivity index (χ4n) is 4.65. The summed E-state index contributed by atoms with van der Waals surface area (Å²) in [4.78, 5) is 13.6. The van der Waals surface area contributed by atoms with Crippen LogP contribution in [0.25, 0.3) is 0 Å². The lowest BCUT2D eigenvalue weighted by Crippen LogP contribution is -2.28. The highest BCUT2D eigenvalue weighted by Crippen LogP contribution is 2.48. The van der Waals surface area contributed by atoms with E-state index < -0.39 is 40.1 Å². The highest BCUT2D eigenvalue weighted by Gasteiger charge is 2.39. The number of nitrogens with zero attached hydrogens (tertiary/aromatic N) is 2. The van der Waals surface area contributed by atoms with Gasteiger partial charge in [0.15, 0.2) is 11.5 Å². The zero-order valence-corrected chi connectivity index (χ0v) is 24.4. The molecule has 0 saturated heterocycles. The van der Waals surface area contributed by atoms with Gasteiger partial charge >= 0.3 is 0 Å². The number of ether oxygens (including phenoxy) is 2. The molecule has 0 saturated carbocycles. The SMILES string of the molecule is CCC(C)c1ccc(COc2cccc(C3SC(c4ccc(F)cc4)=NN3C(=O)c3c(F)cc(F)cc3F)c2OC)cc1. The molecule has 0 bridgehead atoms. The van der Waals surface area contributed by atoms with E-state index >= 15 is 0 Å². The number of rotatable bonds is 9. The summed E-state index contributed by atoms with van der Waals surface area (Å²) in [5.74, 6) is -4.35. The number of hydrazone groups is 1. The molecule has 0 radical (unpaired) electrons. The Kier molecular flexibility index (Phi) is 9.05. The second-order valence-corrected chi connectivity index (χ2v) is 11.1. The lowest BCUT2D eigenvalue weighted by atomic mass is 9.98. The number of halogens is 4. The van der Waals surface area contributed by atoms with Crippen molar-refractivity contribution in [1.82, 2.24) is 5.01 Å². The van der Waals surface area contributed by atoms with Crippen LogP contribution in [-0.4, -0.2) is 23.1 Å². The fraction of sp³-hybridized carbons (Fsp3) is 0.212. The van der Waals surface area contributed by atoms with Gasteiger partial charge in [-0.1, -0.05) is 62.0 Å². The number of amides is 1. The summed E-state index contributed by atoms with van der Waals surface area (Å²) in [5, 5.41) is 4.63. The van der Waals surface area contributed by atoms with Crippen molar-refractivity contribution in [3.63, 3.8) is 0 Å². The molecule has 4 aromatic rings. The summed E-state index contributed by atoms with van der Waals surface area (Å²) in [6.45, 7) is 4.55. The second-order valence-electron chi connectivity index (χ2n) is 9.99. The van der Waals surface area contributed by atoms with Gasteiger partial charge in [-0.15, -0.1) is 0 Å². The zero-order valence-electron chi connectivity index (χ0n) is 23.6. The third-order valence-electron chi connectivity index (χ3n) is 7.20. The molecule has 0 aliphatic carbocycles. The summed E-state index contributed by atoms with van der Waals surface area (Å²) >= 11 is 1.11. The first-order valence-electron chi connectivity index (χ1n) is 13.6. The first-order chi connectivity index (χ1) is 20.7. The molecule has 2 atom stereocenters. The van der Waals surface area contributed by atoms with Gasteiger partial charge < -0.3 is 9.47 Å². The van der Waals surface area contributed by atoms with E-state index in [1.54, 1.807) is 18.2 Å². The molecule has 43 heavy (non-hydrogen) atoms. The van der Waals surface area contributed by atoms with Crippen LogP contribution in [-0.2, 0) is 6.61 Å². The Bertz CT molecular complexity index is 1640. The van der Waals surface area contributed by atoms with E-state index in [1.807, 2.05) is 12.1 Å². The third-order valence-corrected chi connectivity index (χ3v) is 8.42. The second kappa shape index (κ2) is 12.9. The molecule has 10 heteroatoms. The predicted octanol–water partition coefficient (Wildman–Crippen LogP) is 8.59. The van der Waals surface area contributed by atoms with Crippen LogP contribution in [0.5, 0.6) is 11.5 Å². The van der Waals surface area contributed by atoms with Crippen molar-refractivity contribution in [1.29, 1.82) is 0 Å². The summed E-state index contributed by atoms with van der Waals surface area (Å²) in [6.07, 6.45) is 1.03. The molecule has 0 fully saturated rings. The van der Waals surface area contributed by atoms with Gasteiger partial charge in [0.1, 0.15) is 45.9 Å². The summed E-state index contributed by atoms with van der Waals surface area (Å²) < 4.78 is 68.5. The van der Waals surface area contributed by atoms with E-state index in [0.717, 1.165) is 28.8 Å². The highest BCUT2D eigenvalue weighted by molar-refractivity contribution is 8.14. The largest absolute Gasteiger partial charge is 0.492 e. The molecule has 222 valence electrons. The maximum absolute atomic E-state index is 14.7. The quantitative estimate of drug-likeness (QED) is 0.179. The van der Waals surface area contributed by atoms with Crippen LogP contribution < -0.4 is 9.47 Å². The molecule has 5 nitrogen and oxygen atoms in total. The van der Waals surface area contributed by atoms with Crippen LogP contribution in [0.4, 0.5) is 17.6 Å². The van der Waals surface area contributed by atoms with Crippen molar-refractivity contribution >= 4 is 22.7 Å². The number of carbonyl (C=O) groups is 1. The van der Waals surface area contributed by atoms with Crippen LogP contribution in [0.1, 0.15) is 64.2 Å². The molecular weight excluding hydrogens is 580 g/mol.